The van der Waals surface area contributed by atoms with Gasteiger partial charge in [-0.1, -0.05) is 6.07 Å². The van der Waals surface area contributed by atoms with E-state index >= 15 is 0 Å². The van der Waals surface area contributed by atoms with Crippen molar-refractivity contribution in [1.82, 2.24) is 14.4 Å². The summed E-state index contributed by atoms with van der Waals surface area (Å²) in [6, 6.07) is 7.29. The highest BCUT2D eigenvalue weighted by Crippen LogP contribution is 2.29. The molecular weight excluding hydrogens is 357 g/mol. The van der Waals surface area contributed by atoms with E-state index in [0.717, 1.165) is 23.9 Å². The molecule has 1 saturated heterocycles. The number of carbonyl (C=O) groups excluding carboxylic acids is 1. The minimum atomic E-state index is -4.25. The molecule has 0 radical (unpaired) electrons. The van der Waals surface area contributed by atoms with Gasteiger partial charge >= 0.3 is 6.18 Å². The Labute approximate surface area is 156 Å². The van der Waals surface area contributed by atoms with Gasteiger partial charge in [-0.05, 0) is 45.1 Å². The normalized spacial score (nSPS) is 16.3. The fraction of sp³-hybridized carbons (Fsp3) is 0.526. The average molecular weight is 382 g/mol. The second-order valence-corrected chi connectivity index (χ2v) is 7.33. The Hall–Kier alpha value is -2.22. The Kier molecular flexibility index (Phi) is 5.64. The molecular formula is C19H25F3N4O. The monoisotopic (exact) mass is 382 g/mol. The van der Waals surface area contributed by atoms with E-state index in [0.29, 0.717) is 25.2 Å². The number of alkyl halides is 3. The Morgan fingerprint density at radius 1 is 1.22 bits per heavy atom. The van der Waals surface area contributed by atoms with Crippen molar-refractivity contribution in [2.24, 2.45) is 0 Å². The van der Waals surface area contributed by atoms with Crippen LogP contribution >= 0.6 is 0 Å². The number of nitrogens with one attached hydrogen (secondary N) is 1. The van der Waals surface area contributed by atoms with Crippen molar-refractivity contribution in [1.29, 1.82) is 0 Å². The van der Waals surface area contributed by atoms with Gasteiger partial charge < -0.3 is 19.7 Å². The van der Waals surface area contributed by atoms with Gasteiger partial charge in [-0.2, -0.15) is 13.2 Å². The Morgan fingerprint density at radius 3 is 2.56 bits per heavy atom. The number of fused-ring (bicyclic) bond motifs is 1. The van der Waals surface area contributed by atoms with Gasteiger partial charge in [0, 0.05) is 36.4 Å². The Bertz CT molecular complexity index is 792. The van der Waals surface area contributed by atoms with Gasteiger partial charge in [0.05, 0.1) is 12.1 Å². The molecule has 0 spiro atoms. The molecule has 0 saturated carbocycles. The molecule has 1 aliphatic rings. The number of likely N-dealkylation sites (tertiary alicyclic amines) is 1. The first-order valence-corrected chi connectivity index (χ1v) is 9.06. The number of anilines is 1. The molecule has 1 aromatic carbocycles. The Morgan fingerprint density at radius 2 is 1.93 bits per heavy atom. The van der Waals surface area contributed by atoms with Gasteiger partial charge in [-0.3, -0.25) is 4.79 Å². The highest BCUT2D eigenvalue weighted by molar-refractivity contribution is 5.92. The molecule has 1 fully saturated rings. The summed E-state index contributed by atoms with van der Waals surface area (Å²) in [5.74, 6) is 0.129. The fourth-order valence-electron chi connectivity index (χ4n) is 3.54. The first kappa shape index (κ1) is 19.5. The number of halogens is 3. The largest absolute Gasteiger partial charge is 0.406 e. The van der Waals surface area contributed by atoms with Crippen molar-refractivity contribution in [2.75, 3.05) is 39.0 Å². The maximum absolute atomic E-state index is 12.7. The Balaban J connectivity index is 1.65. The van der Waals surface area contributed by atoms with Crippen LogP contribution in [-0.4, -0.2) is 66.2 Å². The number of amides is 1. The maximum atomic E-state index is 12.7. The van der Waals surface area contributed by atoms with Crippen molar-refractivity contribution in [3.05, 3.63) is 30.5 Å². The molecule has 1 amide bonds. The molecule has 1 N–H and O–H groups in total. The lowest BCUT2D eigenvalue weighted by Crippen LogP contribution is -2.45. The van der Waals surface area contributed by atoms with E-state index in [9.17, 15) is 18.0 Å². The van der Waals surface area contributed by atoms with Crippen LogP contribution in [0.4, 0.5) is 18.9 Å². The van der Waals surface area contributed by atoms with Gasteiger partial charge in [-0.15, -0.1) is 0 Å². The molecule has 5 nitrogen and oxygen atoms in total. The lowest BCUT2D eigenvalue weighted by molar-refractivity contribution is -0.140. The van der Waals surface area contributed by atoms with Crippen molar-refractivity contribution in [3.8, 4) is 0 Å². The van der Waals surface area contributed by atoms with Crippen molar-refractivity contribution < 1.29 is 18.0 Å². The number of hydrogen-bond donors (Lipinski definition) is 1. The summed E-state index contributed by atoms with van der Waals surface area (Å²) in [6.07, 6.45) is -1.13. The smallest absolute Gasteiger partial charge is 0.382 e. The number of aromatic nitrogens is 1. The van der Waals surface area contributed by atoms with Crippen LogP contribution in [0.1, 0.15) is 12.8 Å². The van der Waals surface area contributed by atoms with Crippen LogP contribution < -0.4 is 5.32 Å². The molecule has 0 unspecified atom stereocenters. The summed E-state index contributed by atoms with van der Waals surface area (Å²) < 4.78 is 39.4. The van der Waals surface area contributed by atoms with E-state index in [1.54, 1.807) is 18.2 Å². The van der Waals surface area contributed by atoms with Gasteiger partial charge in [0.25, 0.3) is 0 Å². The quantitative estimate of drug-likeness (QED) is 0.864. The lowest BCUT2D eigenvalue weighted by atomic mass is 10.0. The molecule has 27 heavy (non-hydrogen) atoms. The summed E-state index contributed by atoms with van der Waals surface area (Å²) in [4.78, 5) is 15.9. The van der Waals surface area contributed by atoms with Crippen molar-refractivity contribution >= 4 is 22.5 Å². The number of nitrogens with zero attached hydrogens (tertiary/aromatic N) is 3. The van der Waals surface area contributed by atoms with E-state index in [4.69, 9.17) is 0 Å². The molecule has 1 aromatic heterocycles. The summed E-state index contributed by atoms with van der Waals surface area (Å²) in [6.45, 7) is 0.793. The predicted molar refractivity (Wildman–Crippen MR) is 99.8 cm³/mol. The third-order valence-electron chi connectivity index (χ3n) is 4.82. The number of rotatable bonds is 5. The topological polar surface area (TPSA) is 40.5 Å². The molecule has 3 rings (SSSR count). The van der Waals surface area contributed by atoms with Gasteiger partial charge in [0.1, 0.15) is 6.54 Å². The van der Waals surface area contributed by atoms with Gasteiger partial charge in [-0.25, -0.2) is 0 Å². The summed E-state index contributed by atoms with van der Waals surface area (Å²) in [7, 11) is 3.75. The van der Waals surface area contributed by atoms with Crippen molar-refractivity contribution in [2.45, 2.75) is 31.6 Å². The van der Waals surface area contributed by atoms with Gasteiger partial charge in [0.15, 0.2) is 0 Å². The zero-order chi connectivity index (χ0) is 19.6. The molecule has 0 aliphatic carbocycles. The van der Waals surface area contributed by atoms with Crippen LogP contribution in [-0.2, 0) is 11.3 Å². The van der Waals surface area contributed by atoms with E-state index < -0.39 is 12.7 Å². The summed E-state index contributed by atoms with van der Waals surface area (Å²) in [5.41, 5.74) is 1.41. The highest BCUT2D eigenvalue weighted by atomic mass is 19.4. The predicted octanol–water partition coefficient (Wildman–Crippen LogP) is 3.17. The van der Waals surface area contributed by atoms with Crippen LogP contribution in [0.5, 0.6) is 0 Å². The summed E-state index contributed by atoms with van der Waals surface area (Å²) >= 11 is 0. The first-order chi connectivity index (χ1) is 12.7. The van der Waals surface area contributed by atoms with E-state index in [1.165, 1.54) is 10.8 Å². The third kappa shape index (κ3) is 4.94. The molecule has 0 atom stereocenters. The van der Waals surface area contributed by atoms with Crippen LogP contribution in [0.15, 0.2) is 30.5 Å². The molecule has 148 valence electrons. The number of benzene rings is 1. The van der Waals surface area contributed by atoms with Crippen molar-refractivity contribution in [3.63, 3.8) is 0 Å². The minimum Gasteiger partial charge on any atom is -0.382 e. The average Bonchev–Trinajstić information content (AvgIpc) is 2.97. The first-order valence-electron chi connectivity index (χ1n) is 9.06. The van der Waals surface area contributed by atoms with Crippen LogP contribution in [0.25, 0.3) is 10.9 Å². The van der Waals surface area contributed by atoms with Crippen LogP contribution in [0.2, 0.25) is 0 Å². The second kappa shape index (κ2) is 7.80. The standard InChI is InChI=1S/C19H25F3N4O/c1-24(2)12-18(27)25-9-6-14(7-10-25)23-16-4-3-5-17-15(16)8-11-26(17)13-19(20,21)22/h3-5,8,11,14,23H,6-7,9-10,12-13H2,1-2H3. The zero-order valence-corrected chi connectivity index (χ0v) is 15.6. The minimum absolute atomic E-state index is 0.129. The number of likely N-dealkylation sites (N-methyl/N-ethyl adjacent to an activating group) is 1. The van der Waals surface area contributed by atoms with E-state index in [1.807, 2.05) is 30.0 Å². The molecule has 0 bridgehead atoms. The molecule has 8 heteroatoms. The van der Waals surface area contributed by atoms with Crippen LogP contribution in [0.3, 0.4) is 0 Å². The molecule has 1 aliphatic heterocycles. The maximum Gasteiger partial charge on any atom is 0.406 e. The number of piperidine rings is 1. The van der Waals surface area contributed by atoms with Gasteiger partial charge in [0.2, 0.25) is 5.91 Å². The lowest BCUT2D eigenvalue weighted by Gasteiger charge is -2.33. The van der Waals surface area contributed by atoms with E-state index in [-0.39, 0.29) is 11.9 Å². The van der Waals surface area contributed by atoms with Crippen LogP contribution in [0, 0.1) is 0 Å². The van der Waals surface area contributed by atoms with E-state index in [2.05, 4.69) is 5.32 Å². The number of carbonyl (C=O) groups is 1. The zero-order valence-electron chi connectivity index (χ0n) is 15.6. The molecule has 2 heterocycles. The SMILES string of the molecule is CN(C)CC(=O)N1CCC(Nc2cccc3c2ccn3CC(F)(F)F)CC1. The summed E-state index contributed by atoms with van der Waals surface area (Å²) in [5, 5.41) is 4.24. The highest BCUT2D eigenvalue weighted by Gasteiger charge is 2.28. The fourth-order valence-corrected chi connectivity index (χ4v) is 3.54. The number of hydrogen-bond acceptors (Lipinski definition) is 3. The molecule has 2 aromatic rings. The third-order valence-corrected chi connectivity index (χ3v) is 4.82. The second-order valence-electron chi connectivity index (χ2n) is 7.33.